The van der Waals surface area contributed by atoms with Crippen LogP contribution in [0.3, 0.4) is 0 Å². The molecule has 5 heteroatoms. The van der Waals surface area contributed by atoms with Crippen LogP contribution in [0.25, 0.3) is 6.08 Å². The maximum atomic E-state index is 12.0. The van der Waals surface area contributed by atoms with Gasteiger partial charge < -0.3 is 14.8 Å². The molecule has 1 N–H and O–H groups in total. The minimum atomic E-state index is -0.291. The summed E-state index contributed by atoms with van der Waals surface area (Å²) in [7, 11) is 1.56. The van der Waals surface area contributed by atoms with Gasteiger partial charge in [0.15, 0.2) is 18.1 Å². The molecule has 2 rings (SSSR count). The van der Waals surface area contributed by atoms with Gasteiger partial charge in [-0.15, -0.1) is 0 Å². The molecule has 0 atom stereocenters. The number of anilines is 1. The first-order chi connectivity index (χ1) is 11.5. The van der Waals surface area contributed by atoms with E-state index < -0.39 is 0 Å². The van der Waals surface area contributed by atoms with Crippen LogP contribution in [0.5, 0.6) is 11.5 Å². The molecular weight excluding hydrogens is 326 g/mol. The van der Waals surface area contributed by atoms with E-state index in [9.17, 15) is 4.79 Å². The van der Waals surface area contributed by atoms with Gasteiger partial charge in [-0.2, -0.15) is 0 Å². The van der Waals surface area contributed by atoms with E-state index >= 15 is 0 Å². The van der Waals surface area contributed by atoms with E-state index in [-0.39, 0.29) is 12.5 Å². The van der Waals surface area contributed by atoms with Crippen molar-refractivity contribution in [3.63, 3.8) is 0 Å². The number of halogens is 1. The number of benzene rings is 2. The molecule has 0 aliphatic heterocycles. The lowest BCUT2D eigenvalue weighted by molar-refractivity contribution is -0.118. The summed E-state index contributed by atoms with van der Waals surface area (Å²) < 4.78 is 10.9. The lowest BCUT2D eigenvalue weighted by Crippen LogP contribution is -2.20. The number of hydrogen-bond acceptors (Lipinski definition) is 3. The van der Waals surface area contributed by atoms with Gasteiger partial charge in [-0.25, -0.2) is 0 Å². The number of rotatable bonds is 6. The van der Waals surface area contributed by atoms with Crippen molar-refractivity contribution in [1.29, 1.82) is 0 Å². The second-order valence-electron chi connectivity index (χ2n) is 5.23. The van der Waals surface area contributed by atoms with Gasteiger partial charge in [0.25, 0.3) is 5.91 Å². The van der Waals surface area contributed by atoms with Crippen molar-refractivity contribution < 1.29 is 14.3 Å². The van der Waals surface area contributed by atoms with E-state index in [1.165, 1.54) is 0 Å². The van der Waals surface area contributed by atoms with E-state index in [2.05, 4.69) is 5.32 Å². The maximum Gasteiger partial charge on any atom is 0.262 e. The molecule has 0 bridgehead atoms. The Morgan fingerprint density at radius 3 is 2.67 bits per heavy atom. The molecule has 0 aliphatic rings. The number of aryl methyl sites for hydroxylation is 1. The fraction of sp³-hybridized carbons (Fsp3) is 0.211. The highest BCUT2D eigenvalue weighted by atomic mass is 35.5. The SMILES string of the molecule is C/C=C/c1ccc(OCC(=O)Nc2ccc(C)cc2Cl)c(OC)c1. The van der Waals surface area contributed by atoms with Crippen LogP contribution in [-0.2, 0) is 4.79 Å². The van der Waals surface area contributed by atoms with Gasteiger partial charge in [-0.05, 0) is 49.2 Å². The van der Waals surface area contributed by atoms with Crippen molar-refractivity contribution >= 4 is 29.3 Å². The number of nitrogens with one attached hydrogen (secondary N) is 1. The van der Waals surface area contributed by atoms with E-state index in [1.54, 1.807) is 25.3 Å². The molecule has 0 radical (unpaired) electrons. The fourth-order valence-electron chi connectivity index (χ4n) is 2.15. The second kappa shape index (κ2) is 8.41. The van der Waals surface area contributed by atoms with Crippen LogP contribution in [0, 0.1) is 6.92 Å². The van der Waals surface area contributed by atoms with E-state index in [0.29, 0.717) is 22.2 Å². The van der Waals surface area contributed by atoms with Crippen LogP contribution in [0.4, 0.5) is 5.69 Å². The Balaban J connectivity index is 2.01. The standard InChI is InChI=1S/C19H20ClNO3/c1-4-5-14-7-9-17(18(11-14)23-3)24-12-19(22)21-16-8-6-13(2)10-15(16)20/h4-11H,12H2,1-3H3,(H,21,22)/b5-4+. The van der Waals surface area contributed by atoms with Gasteiger partial charge >= 0.3 is 0 Å². The molecule has 2 aromatic rings. The summed E-state index contributed by atoms with van der Waals surface area (Å²) in [6.07, 6.45) is 3.90. The summed E-state index contributed by atoms with van der Waals surface area (Å²) in [5.41, 5.74) is 2.59. The largest absolute Gasteiger partial charge is 0.493 e. The average Bonchev–Trinajstić information content (AvgIpc) is 2.56. The molecule has 0 unspecified atom stereocenters. The van der Waals surface area contributed by atoms with E-state index in [4.69, 9.17) is 21.1 Å². The van der Waals surface area contributed by atoms with Gasteiger partial charge in [0.1, 0.15) is 0 Å². The molecule has 0 aromatic heterocycles. The molecule has 0 saturated heterocycles. The Kier molecular flexibility index (Phi) is 6.27. The van der Waals surface area contributed by atoms with E-state index in [1.807, 2.05) is 44.2 Å². The Morgan fingerprint density at radius 2 is 2.00 bits per heavy atom. The summed E-state index contributed by atoms with van der Waals surface area (Å²) >= 11 is 6.10. The number of carbonyl (C=O) groups excluding carboxylic acids is 1. The zero-order valence-electron chi connectivity index (χ0n) is 13.9. The molecule has 126 valence electrons. The average molecular weight is 346 g/mol. The third kappa shape index (κ3) is 4.77. The Morgan fingerprint density at radius 1 is 1.21 bits per heavy atom. The molecular formula is C19H20ClNO3. The summed E-state index contributed by atoms with van der Waals surface area (Å²) in [4.78, 5) is 12.0. The third-order valence-corrected chi connectivity index (χ3v) is 3.62. The third-order valence-electron chi connectivity index (χ3n) is 3.30. The topological polar surface area (TPSA) is 47.6 Å². The number of ether oxygens (including phenoxy) is 2. The van der Waals surface area contributed by atoms with Crippen LogP contribution in [0.1, 0.15) is 18.1 Å². The Hall–Kier alpha value is -2.46. The number of hydrogen-bond donors (Lipinski definition) is 1. The Labute approximate surface area is 147 Å². The molecule has 1 amide bonds. The highest BCUT2D eigenvalue weighted by Gasteiger charge is 2.10. The van der Waals surface area contributed by atoms with Crippen LogP contribution < -0.4 is 14.8 Å². The van der Waals surface area contributed by atoms with Gasteiger partial charge in [-0.3, -0.25) is 4.79 Å². The summed E-state index contributed by atoms with van der Waals surface area (Å²) in [5, 5.41) is 3.23. The van der Waals surface area contributed by atoms with Crippen molar-refractivity contribution in [2.24, 2.45) is 0 Å². The van der Waals surface area contributed by atoms with Crippen LogP contribution in [0.2, 0.25) is 5.02 Å². The number of carbonyl (C=O) groups is 1. The van der Waals surface area contributed by atoms with Gasteiger partial charge in [0.05, 0.1) is 17.8 Å². The Bertz CT molecular complexity index is 756. The van der Waals surface area contributed by atoms with Crippen LogP contribution >= 0.6 is 11.6 Å². The van der Waals surface area contributed by atoms with E-state index in [0.717, 1.165) is 11.1 Å². The molecule has 0 aliphatic carbocycles. The van der Waals surface area contributed by atoms with Crippen molar-refractivity contribution in [3.05, 3.63) is 58.6 Å². The molecule has 24 heavy (non-hydrogen) atoms. The van der Waals surface area contributed by atoms with Crippen molar-refractivity contribution in [2.45, 2.75) is 13.8 Å². The first-order valence-corrected chi connectivity index (χ1v) is 7.91. The fourth-order valence-corrected chi connectivity index (χ4v) is 2.43. The maximum absolute atomic E-state index is 12.0. The quantitative estimate of drug-likeness (QED) is 0.824. The molecule has 0 saturated carbocycles. The molecule has 0 fully saturated rings. The monoisotopic (exact) mass is 345 g/mol. The van der Waals surface area contributed by atoms with Crippen molar-refractivity contribution in [2.75, 3.05) is 19.0 Å². The summed E-state index contributed by atoms with van der Waals surface area (Å²) in [6.45, 7) is 3.74. The molecule has 0 heterocycles. The van der Waals surface area contributed by atoms with Gasteiger partial charge in [0, 0.05) is 0 Å². The first kappa shape index (κ1) is 17.9. The normalized spacial score (nSPS) is 10.7. The van der Waals surface area contributed by atoms with Crippen LogP contribution in [0.15, 0.2) is 42.5 Å². The van der Waals surface area contributed by atoms with Crippen LogP contribution in [-0.4, -0.2) is 19.6 Å². The zero-order valence-corrected chi connectivity index (χ0v) is 14.7. The number of allylic oxidation sites excluding steroid dienone is 1. The minimum absolute atomic E-state index is 0.135. The molecule has 4 nitrogen and oxygen atoms in total. The number of amides is 1. The predicted molar refractivity (Wildman–Crippen MR) is 98.0 cm³/mol. The molecule has 0 spiro atoms. The smallest absolute Gasteiger partial charge is 0.262 e. The lowest BCUT2D eigenvalue weighted by atomic mass is 10.2. The summed E-state index contributed by atoms with van der Waals surface area (Å²) in [5.74, 6) is 0.794. The molecule has 2 aromatic carbocycles. The minimum Gasteiger partial charge on any atom is -0.493 e. The second-order valence-corrected chi connectivity index (χ2v) is 5.64. The highest BCUT2D eigenvalue weighted by molar-refractivity contribution is 6.33. The number of methoxy groups -OCH3 is 1. The van der Waals surface area contributed by atoms with Gasteiger partial charge in [-0.1, -0.05) is 35.9 Å². The summed E-state index contributed by atoms with van der Waals surface area (Å²) in [6, 6.07) is 11.0. The zero-order chi connectivity index (χ0) is 17.5. The van der Waals surface area contributed by atoms with Gasteiger partial charge in [0.2, 0.25) is 0 Å². The predicted octanol–water partition coefficient (Wildman–Crippen LogP) is 4.71. The highest BCUT2D eigenvalue weighted by Crippen LogP contribution is 2.29. The lowest BCUT2D eigenvalue weighted by Gasteiger charge is -2.12. The van der Waals surface area contributed by atoms with Crippen molar-refractivity contribution in [1.82, 2.24) is 0 Å². The first-order valence-electron chi connectivity index (χ1n) is 7.53. The van der Waals surface area contributed by atoms with Crippen molar-refractivity contribution in [3.8, 4) is 11.5 Å².